The Kier molecular flexibility index (Phi) is 5.50. The number of ether oxygens (including phenoxy) is 3. The monoisotopic (exact) mass is 384 g/mol. The van der Waals surface area contributed by atoms with Gasteiger partial charge in [-0.1, -0.05) is 6.07 Å². The van der Waals surface area contributed by atoms with Gasteiger partial charge in [0.2, 0.25) is 6.79 Å². The summed E-state index contributed by atoms with van der Waals surface area (Å²) < 4.78 is 32.0. The van der Waals surface area contributed by atoms with Crippen molar-refractivity contribution in [1.82, 2.24) is 9.47 Å². The van der Waals surface area contributed by atoms with Crippen LogP contribution >= 0.6 is 0 Å². The molecule has 3 aromatic rings. The minimum absolute atomic E-state index is 0.205. The summed E-state index contributed by atoms with van der Waals surface area (Å²) in [5.41, 5.74) is 3.28. The van der Waals surface area contributed by atoms with Crippen molar-refractivity contribution in [3.8, 4) is 11.5 Å². The molecule has 1 aliphatic rings. The molecule has 2 heterocycles. The first-order valence-corrected chi connectivity index (χ1v) is 9.55. The predicted octanol–water partition coefficient (Wildman–Crippen LogP) is 4.18. The molecule has 0 unspecified atom stereocenters. The van der Waals surface area contributed by atoms with E-state index in [9.17, 15) is 4.39 Å². The third kappa shape index (κ3) is 3.84. The molecule has 28 heavy (non-hydrogen) atoms. The first-order valence-electron chi connectivity index (χ1n) is 9.55. The molecule has 0 spiro atoms. The molecule has 1 aromatic heterocycles. The van der Waals surface area contributed by atoms with E-state index in [0.717, 1.165) is 54.1 Å². The fraction of sp³-hybridized carbons (Fsp3) is 0.364. The summed E-state index contributed by atoms with van der Waals surface area (Å²) in [6, 6.07) is 11.1. The van der Waals surface area contributed by atoms with Gasteiger partial charge in [-0.05, 0) is 48.4 Å². The Balaban J connectivity index is 1.59. The first-order chi connectivity index (χ1) is 13.7. The number of hydrogen-bond donors (Lipinski definition) is 0. The lowest BCUT2D eigenvalue weighted by molar-refractivity contribution is 0.140. The molecule has 0 radical (unpaired) electrons. The second-order valence-electron chi connectivity index (χ2n) is 6.99. The molecule has 0 saturated carbocycles. The van der Waals surface area contributed by atoms with Crippen molar-refractivity contribution in [2.75, 3.05) is 27.1 Å². The topological polar surface area (TPSA) is 35.9 Å². The minimum Gasteiger partial charge on any atom is -0.454 e. The van der Waals surface area contributed by atoms with Crippen molar-refractivity contribution in [1.29, 1.82) is 0 Å². The van der Waals surface area contributed by atoms with E-state index in [2.05, 4.69) is 28.7 Å². The quantitative estimate of drug-likeness (QED) is 0.584. The van der Waals surface area contributed by atoms with E-state index in [1.165, 1.54) is 11.6 Å². The predicted molar refractivity (Wildman–Crippen MR) is 106 cm³/mol. The third-order valence-corrected chi connectivity index (χ3v) is 5.12. The van der Waals surface area contributed by atoms with Crippen molar-refractivity contribution in [3.05, 3.63) is 59.5 Å². The van der Waals surface area contributed by atoms with Gasteiger partial charge < -0.3 is 18.8 Å². The average molecular weight is 384 g/mol. The summed E-state index contributed by atoms with van der Waals surface area (Å²) in [7, 11) is 1.71. The lowest BCUT2D eigenvalue weighted by atomic mass is 10.1. The second-order valence-corrected chi connectivity index (χ2v) is 6.99. The van der Waals surface area contributed by atoms with Gasteiger partial charge in [0.15, 0.2) is 11.5 Å². The summed E-state index contributed by atoms with van der Waals surface area (Å²) >= 11 is 0. The maximum absolute atomic E-state index is 13.7. The van der Waals surface area contributed by atoms with Crippen molar-refractivity contribution in [3.63, 3.8) is 0 Å². The molecule has 0 N–H and O–H groups in total. The standard InChI is InChI=1S/C22H25FN2O3/c1-3-25-14-17(19-6-5-18(23)11-20(19)25)13-24(8-9-26-2)12-16-4-7-21-22(10-16)28-15-27-21/h4-7,10-11,14H,3,8-9,12-13,15H2,1-2H3. The number of nitrogens with zero attached hydrogens (tertiary/aromatic N) is 2. The molecule has 0 aliphatic carbocycles. The second kappa shape index (κ2) is 8.20. The van der Waals surface area contributed by atoms with Crippen LogP contribution in [0.2, 0.25) is 0 Å². The number of fused-ring (bicyclic) bond motifs is 2. The van der Waals surface area contributed by atoms with E-state index in [4.69, 9.17) is 14.2 Å². The third-order valence-electron chi connectivity index (χ3n) is 5.12. The van der Waals surface area contributed by atoms with Crippen LogP contribution in [0.1, 0.15) is 18.1 Å². The Hall–Kier alpha value is -2.57. The molecule has 2 aromatic carbocycles. The van der Waals surface area contributed by atoms with Gasteiger partial charge in [-0.25, -0.2) is 4.39 Å². The SMILES string of the molecule is CCn1cc(CN(CCOC)Cc2ccc3c(c2)OCO3)c2ccc(F)cc21. The Morgan fingerprint density at radius 3 is 2.79 bits per heavy atom. The zero-order valence-corrected chi connectivity index (χ0v) is 16.3. The Bertz CT molecular complexity index is 970. The Morgan fingerprint density at radius 2 is 1.96 bits per heavy atom. The van der Waals surface area contributed by atoms with Crippen LogP contribution in [0, 0.1) is 5.82 Å². The van der Waals surface area contributed by atoms with Gasteiger partial charge >= 0.3 is 0 Å². The summed E-state index contributed by atoms with van der Waals surface area (Å²) in [5, 5.41) is 1.09. The summed E-state index contributed by atoms with van der Waals surface area (Å²) in [4.78, 5) is 2.33. The van der Waals surface area contributed by atoms with E-state index in [-0.39, 0.29) is 12.6 Å². The van der Waals surface area contributed by atoms with Crippen LogP contribution in [-0.2, 0) is 24.4 Å². The number of benzene rings is 2. The molecule has 5 nitrogen and oxygen atoms in total. The van der Waals surface area contributed by atoms with Crippen molar-refractivity contribution in [2.45, 2.75) is 26.6 Å². The molecule has 6 heteroatoms. The minimum atomic E-state index is -0.205. The van der Waals surface area contributed by atoms with E-state index in [1.807, 2.05) is 18.2 Å². The highest BCUT2D eigenvalue weighted by Crippen LogP contribution is 2.33. The van der Waals surface area contributed by atoms with E-state index < -0.39 is 0 Å². The lowest BCUT2D eigenvalue weighted by Gasteiger charge is -2.22. The normalized spacial score (nSPS) is 13.0. The lowest BCUT2D eigenvalue weighted by Crippen LogP contribution is -2.26. The zero-order valence-electron chi connectivity index (χ0n) is 16.3. The van der Waals surface area contributed by atoms with E-state index >= 15 is 0 Å². The van der Waals surface area contributed by atoms with Gasteiger partial charge in [-0.3, -0.25) is 4.90 Å². The fourth-order valence-corrected chi connectivity index (χ4v) is 3.70. The van der Waals surface area contributed by atoms with E-state index in [1.54, 1.807) is 13.2 Å². The van der Waals surface area contributed by atoms with Gasteiger partial charge in [-0.2, -0.15) is 0 Å². The Morgan fingerprint density at radius 1 is 1.11 bits per heavy atom. The number of hydrogen-bond acceptors (Lipinski definition) is 4. The van der Waals surface area contributed by atoms with Gasteiger partial charge in [0.1, 0.15) is 5.82 Å². The maximum atomic E-state index is 13.7. The molecule has 1 aliphatic heterocycles. The summed E-state index contributed by atoms with van der Waals surface area (Å²) in [5.74, 6) is 1.38. The first kappa shape index (κ1) is 18.8. The summed E-state index contributed by atoms with van der Waals surface area (Å²) in [6.07, 6.45) is 2.13. The molecule has 4 rings (SSSR count). The molecule has 0 saturated heterocycles. The fourth-order valence-electron chi connectivity index (χ4n) is 3.70. The average Bonchev–Trinajstić information content (AvgIpc) is 3.29. The van der Waals surface area contributed by atoms with Crippen LogP contribution in [0.3, 0.4) is 0 Å². The van der Waals surface area contributed by atoms with Crippen molar-refractivity contribution >= 4 is 10.9 Å². The van der Waals surface area contributed by atoms with E-state index in [0.29, 0.717) is 6.61 Å². The number of aryl methyl sites for hydroxylation is 1. The van der Waals surface area contributed by atoms with Gasteiger partial charge in [-0.15, -0.1) is 0 Å². The maximum Gasteiger partial charge on any atom is 0.231 e. The molecule has 148 valence electrons. The highest BCUT2D eigenvalue weighted by Gasteiger charge is 2.16. The van der Waals surface area contributed by atoms with Gasteiger partial charge in [0.05, 0.1) is 12.1 Å². The number of halogens is 1. The van der Waals surface area contributed by atoms with Gasteiger partial charge in [0, 0.05) is 44.9 Å². The van der Waals surface area contributed by atoms with Crippen LogP contribution < -0.4 is 9.47 Å². The highest BCUT2D eigenvalue weighted by atomic mass is 19.1. The molecule has 0 bridgehead atoms. The molecule has 0 atom stereocenters. The van der Waals surface area contributed by atoms with Crippen LogP contribution in [0.15, 0.2) is 42.6 Å². The van der Waals surface area contributed by atoms with Crippen LogP contribution in [0.25, 0.3) is 10.9 Å². The van der Waals surface area contributed by atoms with Crippen LogP contribution in [0.4, 0.5) is 4.39 Å². The smallest absolute Gasteiger partial charge is 0.231 e. The van der Waals surface area contributed by atoms with Crippen LogP contribution in [0.5, 0.6) is 11.5 Å². The van der Waals surface area contributed by atoms with Gasteiger partial charge in [0.25, 0.3) is 0 Å². The van der Waals surface area contributed by atoms with Crippen LogP contribution in [-0.4, -0.2) is 36.5 Å². The largest absolute Gasteiger partial charge is 0.454 e. The zero-order chi connectivity index (χ0) is 19.5. The summed E-state index contributed by atoms with van der Waals surface area (Å²) in [6.45, 7) is 6.12. The number of rotatable bonds is 8. The number of aromatic nitrogens is 1. The molecule has 0 amide bonds. The highest BCUT2D eigenvalue weighted by molar-refractivity contribution is 5.84. The van der Waals surface area contributed by atoms with Crippen molar-refractivity contribution in [2.24, 2.45) is 0 Å². The van der Waals surface area contributed by atoms with Crippen molar-refractivity contribution < 1.29 is 18.6 Å². The Labute approximate surface area is 164 Å². The molecular formula is C22H25FN2O3. The number of methoxy groups -OCH3 is 1. The molecule has 0 fully saturated rings. The molecular weight excluding hydrogens is 359 g/mol.